The van der Waals surface area contributed by atoms with Crippen LogP contribution in [0.15, 0.2) is 30.5 Å². The highest BCUT2D eigenvalue weighted by molar-refractivity contribution is 5.74. The van der Waals surface area contributed by atoms with Gasteiger partial charge in [-0.3, -0.25) is 0 Å². The van der Waals surface area contributed by atoms with Crippen molar-refractivity contribution in [3.05, 3.63) is 30.5 Å². The molecule has 1 aliphatic rings. The van der Waals surface area contributed by atoms with E-state index in [2.05, 4.69) is 62.3 Å². The summed E-state index contributed by atoms with van der Waals surface area (Å²) < 4.78 is 5.45. The third kappa shape index (κ3) is 3.73. The number of nitrogens with one attached hydrogen (secondary N) is 1. The van der Waals surface area contributed by atoms with Gasteiger partial charge < -0.3 is 19.9 Å². The first-order valence-corrected chi connectivity index (χ1v) is 8.45. The van der Waals surface area contributed by atoms with Crippen LogP contribution >= 0.6 is 0 Å². The molecule has 7 nitrogen and oxygen atoms in total. The van der Waals surface area contributed by atoms with Crippen LogP contribution in [0.4, 0.5) is 23.1 Å². The summed E-state index contributed by atoms with van der Waals surface area (Å²) >= 11 is 0. The molecule has 2 aromatic rings. The highest BCUT2D eigenvalue weighted by Crippen LogP contribution is 2.28. The van der Waals surface area contributed by atoms with Gasteiger partial charge in [-0.1, -0.05) is 12.1 Å². The zero-order chi connectivity index (χ0) is 16.8. The Hall–Kier alpha value is -2.41. The molecule has 128 valence electrons. The summed E-state index contributed by atoms with van der Waals surface area (Å²) in [5.74, 6) is 1.35. The van der Waals surface area contributed by atoms with Crippen molar-refractivity contribution in [3.8, 4) is 0 Å². The Balaban J connectivity index is 1.82. The van der Waals surface area contributed by atoms with Crippen molar-refractivity contribution in [3.63, 3.8) is 0 Å². The van der Waals surface area contributed by atoms with Gasteiger partial charge in [-0.2, -0.15) is 10.1 Å². The molecule has 1 aromatic carbocycles. The van der Waals surface area contributed by atoms with E-state index in [1.807, 2.05) is 6.07 Å². The van der Waals surface area contributed by atoms with Gasteiger partial charge in [0.2, 0.25) is 5.95 Å². The third-order valence-electron chi connectivity index (χ3n) is 4.11. The molecule has 1 fully saturated rings. The normalized spacial score (nSPS) is 14.5. The molecule has 0 aliphatic carbocycles. The van der Waals surface area contributed by atoms with Crippen LogP contribution in [0, 0.1) is 0 Å². The molecule has 1 aromatic heterocycles. The first-order valence-electron chi connectivity index (χ1n) is 8.45. The smallest absolute Gasteiger partial charge is 0.247 e. The van der Waals surface area contributed by atoms with Crippen molar-refractivity contribution in [2.45, 2.75) is 13.8 Å². The van der Waals surface area contributed by atoms with Crippen molar-refractivity contribution >= 4 is 23.1 Å². The second kappa shape index (κ2) is 7.92. The second-order valence-corrected chi connectivity index (χ2v) is 5.56. The molecule has 0 saturated carbocycles. The summed E-state index contributed by atoms with van der Waals surface area (Å²) in [5, 5.41) is 11.6. The van der Waals surface area contributed by atoms with E-state index in [9.17, 15) is 0 Å². The van der Waals surface area contributed by atoms with Gasteiger partial charge in [0.05, 0.1) is 30.8 Å². The number of ether oxygens (including phenoxy) is 1. The lowest BCUT2D eigenvalue weighted by atomic mass is 10.2. The van der Waals surface area contributed by atoms with Crippen molar-refractivity contribution in [2.75, 3.05) is 54.5 Å². The Bertz CT molecular complexity index is 655. The van der Waals surface area contributed by atoms with Crippen LogP contribution in [-0.2, 0) is 4.74 Å². The molecular formula is C17H24N6O. The monoisotopic (exact) mass is 328 g/mol. The fourth-order valence-corrected chi connectivity index (χ4v) is 2.79. The predicted molar refractivity (Wildman–Crippen MR) is 96.1 cm³/mol. The van der Waals surface area contributed by atoms with Gasteiger partial charge in [0.15, 0.2) is 5.82 Å². The summed E-state index contributed by atoms with van der Waals surface area (Å²) in [6.07, 6.45) is 1.66. The van der Waals surface area contributed by atoms with Gasteiger partial charge in [0, 0.05) is 26.2 Å². The van der Waals surface area contributed by atoms with Crippen molar-refractivity contribution < 1.29 is 4.74 Å². The molecular weight excluding hydrogens is 304 g/mol. The number of para-hydroxylation sites is 2. The topological polar surface area (TPSA) is 66.4 Å². The summed E-state index contributed by atoms with van der Waals surface area (Å²) in [6, 6.07) is 8.25. The van der Waals surface area contributed by atoms with Crippen LogP contribution in [-0.4, -0.2) is 54.6 Å². The number of anilines is 4. The van der Waals surface area contributed by atoms with Crippen LogP contribution in [0.5, 0.6) is 0 Å². The molecule has 0 atom stereocenters. The lowest BCUT2D eigenvalue weighted by Crippen LogP contribution is -2.36. The fraction of sp³-hybridized carbons (Fsp3) is 0.471. The Morgan fingerprint density at radius 3 is 2.67 bits per heavy atom. The highest BCUT2D eigenvalue weighted by atomic mass is 16.5. The quantitative estimate of drug-likeness (QED) is 0.872. The third-order valence-corrected chi connectivity index (χ3v) is 4.11. The van der Waals surface area contributed by atoms with Crippen LogP contribution in [0.25, 0.3) is 0 Å². The first-order chi connectivity index (χ1) is 11.8. The van der Waals surface area contributed by atoms with E-state index in [1.54, 1.807) is 6.20 Å². The first kappa shape index (κ1) is 16.4. The minimum atomic E-state index is 0.647. The maximum absolute atomic E-state index is 5.45. The van der Waals surface area contributed by atoms with Crippen molar-refractivity contribution in [1.82, 2.24) is 15.2 Å². The van der Waals surface area contributed by atoms with E-state index >= 15 is 0 Å². The number of hydrogen-bond acceptors (Lipinski definition) is 7. The van der Waals surface area contributed by atoms with E-state index in [4.69, 9.17) is 4.74 Å². The average molecular weight is 328 g/mol. The Morgan fingerprint density at radius 2 is 1.92 bits per heavy atom. The van der Waals surface area contributed by atoms with Crippen LogP contribution in [0.2, 0.25) is 0 Å². The van der Waals surface area contributed by atoms with Crippen LogP contribution in [0.1, 0.15) is 13.8 Å². The molecule has 24 heavy (non-hydrogen) atoms. The summed E-state index contributed by atoms with van der Waals surface area (Å²) in [6.45, 7) is 9.18. The summed E-state index contributed by atoms with van der Waals surface area (Å²) in [7, 11) is 0. The molecule has 0 bridgehead atoms. The molecule has 3 rings (SSSR count). The van der Waals surface area contributed by atoms with Gasteiger partial charge in [-0.05, 0) is 26.0 Å². The number of rotatable bonds is 6. The van der Waals surface area contributed by atoms with E-state index in [0.29, 0.717) is 11.8 Å². The predicted octanol–water partition coefficient (Wildman–Crippen LogP) is 2.30. The van der Waals surface area contributed by atoms with Gasteiger partial charge in [0.1, 0.15) is 0 Å². The van der Waals surface area contributed by atoms with E-state index < -0.39 is 0 Å². The van der Waals surface area contributed by atoms with Gasteiger partial charge in [0.25, 0.3) is 0 Å². The van der Waals surface area contributed by atoms with Gasteiger partial charge in [-0.25, -0.2) is 0 Å². The number of aromatic nitrogens is 3. The highest BCUT2D eigenvalue weighted by Gasteiger charge is 2.15. The van der Waals surface area contributed by atoms with Crippen LogP contribution in [0.3, 0.4) is 0 Å². The Labute approximate surface area is 142 Å². The molecule has 0 spiro atoms. The zero-order valence-corrected chi connectivity index (χ0v) is 14.3. The van der Waals surface area contributed by atoms with Gasteiger partial charge >= 0.3 is 0 Å². The standard InChI is InChI=1S/C17H24N6O/c1-3-22(4-2)17-20-16(13-18-21-17)19-14-7-5-6-8-15(14)23-9-11-24-12-10-23/h5-8,13H,3-4,9-12H2,1-2H3,(H,19,20,21). The maximum Gasteiger partial charge on any atom is 0.247 e. The molecule has 1 aliphatic heterocycles. The number of benzene rings is 1. The van der Waals surface area contributed by atoms with Crippen molar-refractivity contribution in [1.29, 1.82) is 0 Å². The summed E-state index contributed by atoms with van der Waals surface area (Å²) in [4.78, 5) is 8.99. The Morgan fingerprint density at radius 1 is 1.17 bits per heavy atom. The molecule has 0 unspecified atom stereocenters. The molecule has 1 N–H and O–H groups in total. The van der Waals surface area contributed by atoms with E-state index in [-0.39, 0.29) is 0 Å². The minimum Gasteiger partial charge on any atom is -0.378 e. The second-order valence-electron chi connectivity index (χ2n) is 5.56. The van der Waals surface area contributed by atoms with Crippen molar-refractivity contribution in [2.24, 2.45) is 0 Å². The van der Waals surface area contributed by atoms with E-state index in [0.717, 1.165) is 50.8 Å². The molecule has 0 amide bonds. The largest absolute Gasteiger partial charge is 0.378 e. The minimum absolute atomic E-state index is 0.647. The molecule has 2 heterocycles. The lowest BCUT2D eigenvalue weighted by molar-refractivity contribution is 0.123. The van der Waals surface area contributed by atoms with Crippen LogP contribution < -0.4 is 15.1 Å². The zero-order valence-electron chi connectivity index (χ0n) is 14.3. The van der Waals surface area contributed by atoms with Gasteiger partial charge in [-0.15, -0.1) is 5.10 Å². The molecule has 1 saturated heterocycles. The number of hydrogen-bond donors (Lipinski definition) is 1. The maximum atomic E-state index is 5.45. The number of morpholine rings is 1. The Kier molecular flexibility index (Phi) is 5.43. The average Bonchev–Trinajstić information content (AvgIpc) is 2.64. The van der Waals surface area contributed by atoms with E-state index in [1.165, 1.54) is 0 Å². The fourth-order valence-electron chi connectivity index (χ4n) is 2.79. The number of nitrogens with zero attached hydrogens (tertiary/aromatic N) is 5. The molecule has 0 radical (unpaired) electrons. The summed E-state index contributed by atoms with van der Waals surface area (Å²) in [5.41, 5.74) is 2.18. The SMILES string of the molecule is CCN(CC)c1nncc(Nc2ccccc2N2CCOCC2)n1. The lowest BCUT2D eigenvalue weighted by Gasteiger charge is -2.30. The molecule has 7 heteroatoms.